The zero-order valence-electron chi connectivity index (χ0n) is 18.3. The van der Waals surface area contributed by atoms with Gasteiger partial charge in [0, 0.05) is 19.4 Å². The second-order valence-corrected chi connectivity index (χ2v) is 7.50. The lowest BCUT2D eigenvalue weighted by Gasteiger charge is -2.22. The van der Waals surface area contributed by atoms with Crippen molar-refractivity contribution in [1.29, 1.82) is 0 Å². The van der Waals surface area contributed by atoms with Gasteiger partial charge >= 0.3 is 12.1 Å². The molecule has 164 valence electrons. The van der Waals surface area contributed by atoms with Gasteiger partial charge in [-0.25, -0.2) is 4.79 Å². The number of hydrogen-bond acceptors (Lipinski definition) is 5. The summed E-state index contributed by atoms with van der Waals surface area (Å²) in [5.41, 5.74) is 5.01. The summed E-state index contributed by atoms with van der Waals surface area (Å²) in [5, 5.41) is 0. The fourth-order valence-corrected chi connectivity index (χ4v) is 4.01. The van der Waals surface area contributed by atoms with Crippen LogP contribution in [0.4, 0.5) is 10.5 Å². The summed E-state index contributed by atoms with van der Waals surface area (Å²) in [5.74, 6) is 0.0968. The summed E-state index contributed by atoms with van der Waals surface area (Å²) < 4.78 is 16.5. The maximum absolute atomic E-state index is 13.0. The minimum atomic E-state index is -0.547. The van der Waals surface area contributed by atoms with Crippen LogP contribution in [-0.4, -0.2) is 32.8 Å². The number of carbonyl (C=O) groups is 2. The third-order valence-corrected chi connectivity index (χ3v) is 5.65. The van der Waals surface area contributed by atoms with Crippen molar-refractivity contribution >= 4 is 17.7 Å². The van der Waals surface area contributed by atoms with Crippen LogP contribution in [0.5, 0.6) is 11.5 Å². The van der Waals surface area contributed by atoms with Gasteiger partial charge in [0.05, 0.1) is 12.8 Å². The molecule has 0 spiro atoms. The molecule has 4 rings (SSSR count). The van der Waals surface area contributed by atoms with Crippen molar-refractivity contribution in [3.05, 3.63) is 77.9 Å². The quantitative estimate of drug-likeness (QED) is 0.386. The van der Waals surface area contributed by atoms with Crippen LogP contribution in [0.2, 0.25) is 0 Å². The number of amides is 1. The molecule has 0 aliphatic heterocycles. The zero-order chi connectivity index (χ0) is 22.7. The van der Waals surface area contributed by atoms with E-state index in [2.05, 4.69) is 24.3 Å². The number of esters is 1. The summed E-state index contributed by atoms with van der Waals surface area (Å²) in [6.45, 7) is 1.90. The van der Waals surface area contributed by atoms with Gasteiger partial charge in [0.15, 0.2) is 11.5 Å². The summed E-state index contributed by atoms with van der Waals surface area (Å²) in [6, 6.07) is 21.4. The van der Waals surface area contributed by atoms with Crippen LogP contribution in [-0.2, 0) is 9.53 Å². The van der Waals surface area contributed by atoms with Gasteiger partial charge in [-0.15, -0.1) is 0 Å². The lowest BCUT2D eigenvalue weighted by atomic mass is 9.98. The molecule has 0 aromatic heterocycles. The molecule has 6 nitrogen and oxygen atoms in total. The first-order valence-electron chi connectivity index (χ1n) is 10.5. The zero-order valence-corrected chi connectivity index (χ0v) is 18.3. The van der Waals surface area contributed by atoms with Crippen molar-refractivity contribution in [1.82, 2.24) is 0 Å². The van der Waals surface area contributed by atoms with Crippen LogP contribution in [0.25, 0.3) is 11.1 Å². The normalized spacial score (nSPS) is 12.0. The van der Waals surface area contributed by atoms with Gasteiger partial charge in [0.2, 0.25) is 0 Å². The van der Waals surface area contributed by atoms with Crippen LogP contribution >= 0.6 is 0 Å². The Kier molecular flexibility index (Phi) is 6.12. The molecule has 1 aliphatic carbocycles. The third-order valence-electron chi connectivity index (χ3n) is 5.65. The lowest BCUT2D eigenvalue weighted by molar-refractivity contribution is -0.134. The molecular formula is C26H25NO5. The highest BCUT2D eigenvalue weighted by Crippen LogP contribution is 2.44. The highest BCUT2D eigenvalue weighted by atomic mass is 16.6. The minimum absolute atomic E-state index is 0.0394. The highest BCUT2D eigenvalue weighted by molar-refractivity contribution is 5.91. The van der Waals surface area contributed by atoms with Gasteiger partial charge in [-0.05, 0) is 34.4 Å². The topological polar surface area (TPSA) is 65.1 Å². The molecule has 0 atom stereocenters. The first kappa shape index (κ1) is 21.4. The summed E-state index contributed by atoms with van der Waals surface area (Å²) in [6.07, 6.45) is -0.347. The van der Waals surface area contributed by atoms with Gasteiger partial charge in [-0.3, -0.25) is 9.69 Å². The standard InChI is InChI=1S/C26H25NO5/c1-4-24(28)32-25-22(14-9-15-23(25)30-3)27(2)26(29)31-16-21-19-12-7-5-10-17(19)18-11-6-8-13-20(18)21/h5-15,21H,4,16H2,1-3H3. The van der Waals surface area contributed by atoms with Gasteiger partial charge in [-0.1, -0.05) is 61.5 Å². The Balaban J connectivity index is 1.55. The number of nitrogens with zero attached hydrogens (tertiary/aromatic N) is 1. The number of fused-ring (bicyclic) bond motifs is 3. The molecule has 3 aromatic carbocycles. The molecule has 32 heavy (non-hydrogen) atoms. The van der Waals surface area contributed by atoms with E-state index in [0.29, 0.717) is 11.4 Å². The lowest BCUT2D eigenvalue weighted by Crippen LogP contribution is -2.29. The maximum atomic E-state index is 13.0. The Morgan fingerprint density at radius 2 is 1.53 bits per heavy atom. The average Bonchev–Trinajstić information content (AvgIpc) is 3.15. The van der Waals surface area contributed by atoms with E-state index in [1.165, 1.54) is 23.1 Å². The number of anilines is 1. The van der Waals surface area contributed by atoms with E-state index in [1.807, 2.05) is 24.3 Å². The van der Waals surface area contributed by atoms with Crippen molar-refractivity contribution < 1.29 is 23.8 Å². The number of hydrogen-bond donors (Lipinski definition) is 0. The fourth-order valence-electron chi connectivity index (χ4n) is 4.01. The van der Waals surface area contributed by atoms with E-state index in [-0.39, 0.29) is 24.7 Å². The number of ether oxygens (including phenoxy) is 3. The molecule has 0 saturated heterocycles. The van der Waals surface area contributed by atoms with Crippen LogP contribution in [0.3, 0.4) is 0 Å². The third kappa shape index (κ3) is 3.91. The summed E-state index contributed by atoms with van der Waals surface area (Å²) >= 11 is 0. The van der Waals surface area contributed by atoms with Crippen molar-refractivity contribution in [3.8, 4) is 22.6 Å². The maximum Gasteiger partial charge on any atom is 0.414 e. The monoisotopic (exact) mass is 431 g/mol. The van der Waals surface area contributed by atoms with E-state index >= 15 is 0 Å². The summed E-state index contributed by atoms with van der Waals surface area (Å²) in [4.78, 5) is 26.2. The SMILES string of the molecule is CCC(=O)Oc1c(OC)cccc1N(C)C(=O)OCC1c2ccccc2-c2ccccc21. The van der Waals surface area contributed by atoms with E-state index < -0.39 is 12.1 Å². The number of para-hydroxylation sites is 1. The number of methoxy groups -OCH3 is 1. The smallest absolute Gasteiger partial charge is 0.414 e. The Morgan fingerprint density at radius 1 is 0.906 bits per heavy atom. The van der Waals surface area contributed by atoms with Gasteiger partial charge in [0.1, 0.15) is 6.61 Å². The first-order valence-corrected chi connectivity index (χ1v) is 10.5. The molecular weight excluding hydrogens is 406 g/mol. The first-order chi connectivity index (χ1) is 15.5. The second kappa shape index (κ2) is 9.14. The molecule has 0 unspecified atom stereocenters. The van der Waals surface area contributed by atoms with Crippen LogP contribution < -0.4 is 14.4 Å². The Morgan fingerprint density at radius 3 is 2.12 bits per heavy atom. The minimum Gasteiger partial charge on any atom is -0.493 e. The molecule has 0 N–H and O–H groups in total. The highest BCUT2D eigenvalue weighted by Gasteiger charge is 2.30. The number of carbonyl (C=O) groups excluding carboxylic acids is 2. The summed E-state index contributed by atoms with van der Waals surface area (Å²) in [7, 11) is 3.06. The van der Waals surface area contributed by atoms with Crippen molar-refractivity contribution in [3.63, 3.8) is 0 Å². The molecule has 0 bridgehead atoms. The van der Waals surface area contributed by atoms with Gasteiger partial charge < -0.3 is 14.2 Å². The molecule has 3 aromatic rings. The Labute approximate surface area is 187 Å². The molecule has 1 amide bonds. The van der Waals surface area contributed by atoms with E-state index in [0.717, 1.165) is 11.1 Å². The van der Waals surface area contributed by atoms with E-state index in [4.69, 9.17) is 14.2 Å². The van der Waals surface area contributed by atoms with Crippen molar-refractivity contribution in [2.24, 2.45) is 0 Å². The Bertz CT molecular complexity index is 1110. The number of benzene rings is 3. The molecule has 0 fully saturated rings. The molecule has 6 heteroatoms. The van der Waals surface area contributed by atoms with Gasteiger partial charge in [0.25, 0.3) is 0 Å². The van der Waals surface area contributed by atoms with Crippen molar-refractivity contribution in [2.75, 3.05) is 25.7 Å². The molecule has 1 aliphatic rings. The number of rotatable bonds is 6. The fraction of sp³-hybridized carbons (Fsp3) is 0.231. The van der Waals surface area contributed by atoms with Crippen LogP contribution in [0, 0.1) is 0 Å². The van der Waals surface area contributed by atoms with Crippen LogP contribution in [0.1, 0.15) is 30.4 Å². The van der Waals surface area contributed by atoms with Gasteiger partial charge in [-0.2, -0.15) is 0 Å². The second-order valence-electron chi connectivity index (χ2n) is 7.50. The largest absolute Gasteiger partial charge is 0.493 e. The average molecular weight is 431 g/mol. The Hall–Kier alpha value is -3.80. The predicted molar refractivity (Wildman–Crippen MR) is 122 cm³/mol. The molecule has 0 radical (unpaired) electrons. The van der Waals surface area contributed by atoms with Crippen molar-refractivity contribution in [2.45, 2.75) is 19.3 Å². The van der Waals surface area contributed by atoms with E-state index in [1.54, 1.807) is 32.2 Å². The van der Waals surface area contributed by atoms with E-state index in [9.17, 15) is 9.59 Å². The molecule has 0 saturated carbocycles. The predicted octanol–water partition coefficient (Wildman–Crippen LogP) is 5.40. The van der Waals surface area contributed by atoms with Crippen LogP contribution in [0.15, 0.2) is 66.7 Å². The molecule has 0 heterocycles.